The van der Waals surface area contributed by atoms with Gasteiger partial charge in [0.25, 0.3) is 0 Å². The molecule has 78 valence electrons. The molecule has 0 fully saturated rings. The molecule has 0 aromatic carbocycles. The summed E-state index contributed by atoms with van der Waals surface area (Å²) in [6.45, 7) is 2.72. The average Bonchev–Trinajstić information content (AvgIpc) is 2.67. The first-order chi connectivity index (χ1) is 7.27. The van der Waals surface area contributed by atoms with Crippen LogP contribution in [0.5, 0.6) is 0 Å². The van der Waals surface area contributed by atoms with Crippen LogP contribution < -0.4 is 5.73 Å². The van der Waals surface area contributed by atoms with Crippen molar-refractivity contribution in [3.8, 4) is 0 Å². The number of imidazole rings is 1. The lowest BCUT2D eigenvalue weighted by atomic mass is 10.2. The van der Waals surface area contributed by atoms with E-state index in [9.17, 15) is 0 Å². The summed E-state index contributed by atoms with van der Waals surface area (Å²) in [5.41, 5.74) is 8.03. The van der Waals surface area contributed by atoms with Gasteiger partial charge in [-0.1, -0.05) is 6.07 Å². The molecule has 2 heterocycles. The summed E-state index contributed by atoms with van der Waals surface area (Å²) in [5.74, 6) is 0. The molecule has 0 unspecified atom stereocenters. The van der Waals surface area contributed by atoms with Crippen molar-refractivity contribution in [1.29, 1.82) is 0 Å². The van der Waals surface area contributed by atoms with Gasteiger partial charge in [-0.15, -0.1) is 0 Å². The second-order valence-electron chi connectivity index (χ2n) is 3.60. The molecule has 0 aliphatic carbocycles. The molecule has 2 N–H and O–H groups in total. The summed E-state index contributed by atoms with van der Waals surface area (Å²) in [4.78, 5) is 8.18. The molecule has 4 nitrogen and oxygen atoms in total. The highest BCUT2D eigenvalue weighted by atomic mass is 15.1. The standard InChI is InChI=1S/C11H14N4/c1-9(12)11-6-14-8-15(11)7-10-3-2-4-13-5-10/h2-6,8-9H,7,12H2,1H3/t9-/m0/s1. The molecule has 0 saturated carbocycles. The summed E-state index contributed by atoms with van der Waals surface area (Å²) in [6, 6.07) is 3.97. The lowest BCUT2D eigenvalue weighted by molar-refractivity contribution is 0.673. The van der Waals surface area contributed by atoms with Crippen molar-refractivity contribution in [1.82, 2.24) is 14.5 Å². The number of hydrogen-bond donors (Lipinski definition) is 1. The first kappa shape index (κ1) is 9.86. The fourth-order valence-electron chi connectivity index (χ4n) is 1.53. The van der Waals surface area contributed by atoms with Gasteiger partial charge >= 0.3 is 0 Å². The second kappa shape index (κ2) is 4.23. The highest BCUT2D eigenvalue weighted by Gasteiger charge is 2.06. The first-order valence-corrected chi connectivity index (χ1v) is 4.92. The molecule has 15 heavy (non-hydrogen) atoms. The number of pyridine rings is 1. The van der Waals surface area contributed by atoms with Gasteiger partial charge in [-0.2, -0.15) is 0 Å². The van der Waals surface area contributed by atoms with Crippen LogP contribution in [-0.2, 0) is 6.54 Å². The molecular weight excluding hydrogens is 188 g/mol. The van der Waals surface area contributed by atoms with Crippen molar-refractivity contribution in [2.45, 2.75) is 19.5 Å². The van der Waals surface area contributed by atoms with Gasteiger partial charge < -0.3 is 10.3 Å². The van der Waals surface area contributed by atoms with Crippen LogP contribution in [0.3, 0.4) is 0 Å². The van der Waals surface area contributed by atoms with E-state index in [2.05, 4.69) is 9.97 Å². The van der Waals surface area contributed by atoms with Gasteiger partial charge in [0.05, 0.1) is 18.6 Å². The lowest BCUT2D eigenvalue weighted by Crippen LogP contribution is -2.12. The molecular formula is C11H14N4. The van der Waals surface area contributed by atoms with Crippen LogP contribution in [-0.4, -0.2) is 14.5 Å². The quantitative estimate of drug-likeness (QED) is 0.817. The van der Waals surface area contributed by atoms with Gasteiger partial charge in [0.15, 0.2) is 0 Å². The smallest absolute Gasteiger partial charge is 0.0951 e. The number of aromatic nitrogens is 3. The SMILES string of the molecule is C[C@H](N)c1cncn1Cc1cccnc1. The third-order valence-corrected chi connectivity index (χ3v) is 2.29. The van der Waals surface area contributed by atoms with E-state index >= 15 is 0 Å². The number of hydrogen-bond acceptors (Lipinski definition) is 3. The van der Waals surface area contributed by atoms with Crippen LogP contribution >= 0.6 is 0 Å². The Kier molecular flexibility index (Phi) is 2.78. The van der Waals surface area contributed by atoms with E-state index in [1.807, 2.05) is 29.8 Å². The van der Waals surface area contributed by atoms with E-state index < -0.39 is 0 Å². The summed E-state index contributed by atoms with van der Waals surface area (Å²) >= 11 is 0. The summed E-state index contributed by atoms with van der Waals surface area (Å²) in [5, 5.41) is 0. The molecule has 0 spiro atoms. The Bertz CT molecular complexity index is 419. The van der Waals surface area contributed by atoms with Gasteiger partial charge in [0.2, 0.25) is 0 Å². The van der Waals surface area contributed by atoms with Gasteiger partial charge in [-0.05, 0) is 18.6 Å². The van der Waals surface area contributed by atoms with E-state index in [0.717, 1.165) is 17.8 Å². The topological polar surface area (TPSA) is 56.7 Å². The fraction of sp³-hybridized carbons (Fsp3) is 0.273. The minimum absolute atomic E-state index is 0.00386. The maximum Gasteiger partial charge on any atom is 0.0951 e. The predicted molar refractivity (Wildman–Crippen MR) is 58.2 cm³/mol. The lowest BCUT2D eigenvalue weighted by Gasteiger charge is -2.10. The molecule has 0 aliphatic heterocycles. The minimum atomic E-state index is 0.00386. The average molecular weight is 202 g/mol. The van der Waals surface area contributed by atoms with Crippen LogP contribution in [0.25, 0.3) is 0 Å². The molecule has 0 bridgehead atoms. The highest BCUT2D eigenvalue weighted by Crippen LogP contribution is 2.10. The fourth-order valence-corrected chi connectivity index (χ4v) is 1.53. The van der Waals surface area contributed by atoms with Crippen molar-refractivity contribution in [3.63, 3.8) is 0 Å². The summed E-state index contributed by atoms with van der Waals surface area (Å²) in [7, 11) is 0. The van der Waals surface area contributed by atoms with Gasteiger partial charge in [-0.3, -0.25) is 4.98 Å². The minimum Gasteiger partial charge on any atom is -0.329 e. The Balaban J connectivity index is 2.21. The molecule has 0 aliphatic rings. The van der Waals surface area contributed by atoms with Crippen molar-refractivity contribution < 1.29 is 0 Å². The molecule has 0 saturated heterocycles. The Hall–Kier alpha value is -1.68. The highest BCUT2D eigenvalue weighted by molar-refractivity contribution is 5.12. The van der Waals surface area contributed by atoms with Crippen molar-refractivity contribution in [2.24, 2.45) is 5.73 Å². The monoisotopic (exact) mass is 202 g/mol. The number of nitrogens with zero attached hydrogens (tertiary/aromatic N) is 3. The normalized spacial score (nSPS) is 12.7. The van der Waals surface area contributed by atoms with E-state index in [1.54, 1.807) is 18.7 Å². The maximum atomic E-state index is 5.84. The van der Waals surface area contributed by atoms with Crippen LogP contribution in [0, 0.1) is 0 Å². The van der Waals surface area contributed by atoms with E-state index in [-0.39, 0.29) is 6.04 Å². The van der Waals surface area contributed by atoms with Crippen LogP contribution in [0.1, 0.15) is 24.2 Å². The van der Waals surface area contributed by atoms with Crippen molar-refractivity contribution >= 4 is 0 Å². The van der Waals surface area contributed by atoms with Gasteiger partial charge in [-0.25, -0.2) is 4.98 Å². The zero-order chi connectivity index (χ0) is 10.7. The maximum absolute atomic E-state index is 5.84. The Labute approximate surface area is 88.8 Å². The third kappa shape index (κ3) is 2.22. The summed E-state index contributed by atoms with van der Waals surface area (Å²) in [6.07, 6.45) is 7.22. The molecule has 2 rings (SSSR count). The van der Waals surface area contributed by atoms with E-state index in [4.69, 9.17) is 5.73 Å². The van der Waals surface area contributed by atoms with Crippen molar-refractivity contribution in [3.05, 3.63) is 48.3 Å². The Morgan fingerprint density at radius 3 is 2.93 bits per heavy atom. The third-order valence-electron chi connectivity index (χ3n) is 2.29. The van der Waals surface area contributed by atoms with Crippen LogP contribution in [0.4, 0.5) is 0 Å². The van der Waals surface area contributed by atoms with E-state index in [0.29, 0.717) is 0 Å². The molecule has 0 radical (unpaired) electrons. The summed E-state index contributed by atoms with van der Waals surface area (Å²) < 4.78 is 2.04. The number of nitrogens with two attached hydrogens (primary N) is 1. The number of rotatable bonds is 3. The second-order valence-corrected chi connectivity index (χ2v) is 3.60. The van der Waals surface area contributed by atoms with E-state index in [1.165, 1.54) is 0 Å². The van der Waals surface area contributed by atoms with Crippen LogP contribution in [0.2, 0.25) is 0 Å². The van der Waals surface area contributed by atoms with Crippen LogP contribution in [0.15, 0.2) is 37.1 Å². The predicted octanol–water partition coefficient (Wildman–Crippen LogP) is 1.35. The largest absolute Gasteiger partial charge is 0.329 e. The molecule has 4 heteroatoms. The zero-order valence-electron chi connectivity index (χ0n) is 8.67. The first-order valence-electron chi connectivity index (χ1n) is 4.92. The van der Waals surface area contributed by atoms with Crippen molar-refractivity contribution in [2.75, 3.05) is 0 Å². The molecule has 2 aromatic rings. The Morgan fingerprint density at radius 2 is 2.27 bits per heavy atom. The Morgan fingerprint density at radius 1 is 1.40 bits per heavy atom. The van der Waals surface area contributed by atoms with Gasteiger partial charge in [0.1, 0.15) is 0 Å². The molecule has 1 atom stereocenters. The zero-order valence-corrected chi connectivity index (χ0v) is 8.67. The molecule has 2 aromatic heterocycles. The van der Waals surface area contributed by atoms with Gasteiger partial charge in [0, 0.05) is 24.6 Å². The molecule has 0 amide bonds.